The Labute approximate surface area is 170 Å². The van der Waals surface area contributed by atoms with Gasteiger partial charge in [0.2, 0.25) is 0 Å². The quantitative estimate of drug-likeness (QED) is 0.248. The molecule has 1 aliphatic heterocycles. The molecule has 2 aromatic rings. The van der Waals surface area contributed by atoms with Crippen LogP contribution in [0, 0.1) is 0 Å². The fourth-order valence-corrected chi connectivity index (χ4v) is 3.86. The van der Waals surface area contributed by atoms with Crippen LogP contribution in [0.4, 0.5) is 5.82 Å². The van der Waals surface area contributed by atoms with E-state index < -0.39 is 47.2 Å². The zero-order valence-corrected chi connectivity index (χ0v) is 17.5. The summed E-state index contributed by atoms with van der Waals surface area (Å²) in [5.74, 6) is 0.128. The predicted molar refractivity (Wildman–Crippen MR) is 99.4 cm³/mol. The summed E-state index contributed by atoms with van der Waals surface area (Å²) in [6, 6.07) is 0. The molecule has 1 fully saturated rings. The Balaban J connectivity index is 1.96. The van der Waals surface area contributed by atoms with Gasteiger partial charge in [-0.15, -0.1) is 0 Å². The molecular formula is C13H21N5O10P2. The van der Waals surface area contributed by atoms with Gasteiger partial charge in [0, 0.05) is 7.11 Å². The summed E-state index contributed by atoms with van der Waals surface area (Å²) in [7, 11) is -6.84. The maximum absolute atomic E-state index is 11.4. The Hall–Kier alpha value is -1.51. The second-order valence-corrected chi connectivity index (χ2v) is 8.12. The second kappa shape index (κ2) is 9.75. The molecule has 0 aromatic carbocycles. The molecule has 1 saturated heterocycles. The van der Waals surface area contributed by atoms with Crippen molar-refractivity contribution in [3.63, 3.8) is 0 Å². The molecular weight excluding hydrogens is 448 g/mol. The number of nitrogens with two attached hydrogens (primary N) is 1. The van der Waals surface area contributed by atoms with Crippen molar-refractivity contribution >= 4 is 33.1 Å². The number of anilines is 1. The number of fused-ring (bicyclic) bond motifs is 1. The van der Waals surface area contributed by atoms with E-state index in [0.29, 0.717) is 11.2 Å². The van der Waals surface area contributed by atoms with Gasteiger partial charge in [0.15, 0.2) is 17.7 Å². The first-order chi connectivity index (χ1) is 14.2. The van der Waals surface area contributed by atoms with Crippen LogP contribution >= 0.6 is 16.1 Å². The largest absolute Gasteiger partial charge is 0.469 e. The number of methoxy groups -OCH3 is 1. The van der Waals surface area contributed by atoms with Crippen molar-refractivity contribution in [3.8, 4) is 0 Å². The molecule has 0 radical (unpaired) electrons. The highest BCUT2D eigenvalue weighted by Gasteiger charge is 2.49. The number of nitrogen functional groups attached to an aromatic ring is 1. The summed E-state index contributed by atoms with van der Waals surface area (Å²) in [4.78, 5) is 39.4. The van der Waals surface area contributed by atoms with Crippen LogP contribution in [0.3, 0.4) is 0 Å². The molecule has 3 heterocycles. The minimum atomic E-state index is -4.84. The van der Waals surface area contributed by atoms with Gasteiger partial charge in [-0.3, -0.25) is 13.7 Å². The van der Waals surface area contributed by atoms with Crippen molar-refractivity contribution in [2.75, 3.05) is 32.7 Å². The molecule has 17 heteroatoms. The Morgan fingerprint density at radius 1 is 1.30 bits per heavy atom. The molecule has 5 N–H and O–H groups in total. The van der Waals surface area contributed by atoms with Crippen LogP contribution in [0.2, 0.25) is 0 Å². The van der Waals surface area contributed by atoms with E-state index in [4.69, 9.17) is 34.3 Å². The molecule has 1 aliphatic rings. The fraction of sp³-hybridized carbons (Fsp3) is 0.615. The highest BCUT2D eigenvalue weighted by atomic mass is 31.2. The van der Waals surface area contributed by atoms with Crippen LogP contribution in [-0.2, 0) is 32.4 Å². The lowest BCUT2D eigenvalue weighted by Gasteiger charge is -2.24. The molecule has 168 valence electrons. The third-order valence-electron chi connectivity index (χ3n) is 4.19. The summed E-state index contributed by atoms with van der Waals surface area (Å²) in [5.41, 5.74) is 6.38. The van der Waals surface area contributed by atoms with Gasteiger partial charge in [-0.2, -0.15) is 0 Å². The van der Waals surface area contributed by atoms with Crippen LogP contribution in [0.5, 0.6) is 0 Å². The standard InChI is InChI=1S/C13H21N5O10P2/c1-24-2-3-25-10-9(28-29(19)20)7(4-26-30(21,22)23)27-13(10)18-6-17-8-11(14)15-5-16-12(8)18/h5-7,9-10,13,29H,2-4H2,1H3,(H,19,20)(H2,14,15,16)(H2,21,22,23)/t7-,9?,10+,13+/m1/s1. The van der Waals surface area contributed by atoms with E-state index in [2.05, 4.69) is 19.5 Å². The van der Waals surface area contributed by atoms with Crippen molar-refractivity contribution in [2.24, 2.45) is 0 Å². The summed E-state index contributed by atoms with van der Waals surface area (Å²) >= 11 is 0. The average molecular weight is 469 g/mol. The third-order valence-corrected chi connectivity index (χ3v) is 5.15. The van der Waals surface area contributed by atoms with Crippen molar-refractivity contribution in [3.05, 3.63) is 12.7 Å². The van der Waals surface area contributed by atoms with Crippen molar-refractivity contribution in [1.82, 2.24) is 19.5 Å². The first-order valence-corrected chi connectivity index (χ1v) is 11.3. The van der Waals surface area contributed by atoms with Crippen LogP contribution in [0.1, 0.15) is 6.23 Å². The number of hydrogen-bond donors (Lipinski definition) is 4. The number of phosphoric acid groups is 1. The molecule has 30 heavy (non-hydrogen) atoms. The average Bonchev–Trinajstić information content (AvgIpc) is 3.22. The molecule has 0 aliphatic carbocycles. The van der Waals surface area contributed by atoms with Crippen LogP contribution in [0.25, 0.3) is 11.2 Å². The van der Waals surface area contributed by atoms with Crippen molar-refractivity contribution in [1.29, 1.82) is 0 Å². The van der Waals surface area contributed by atoms with E-state index in [0.717, 1.165) is 0 Å². The van der Waals surface area contributed by atoms with E-state index in [9.17, 15) is 14.0 Å². The predicted octanol–water partition coefficient (Wildman–Crippen LogP) is -0.786. The Morgan fingerprint density at radius 2 is 2.07 bits per heavy atom. The minimum Gasteiger partial charge on any atom is -0.382 e. The summed E-state index contributed by atoms with van der Waals surface area (Å²) < 4.78 is 50.1. The van der Waals surface area contributed by atoms with E-state index in [1.807, 2.05) is 0 Å². The zero-order chi connectivity index (χ0) is 21.9. The number of nitrogens with zero attached hydrogens (tertiary/aromatic N) is 4. The summed E-state index contributed by atoms with van der Waals surface area (Å²) in [6.45, 7) is -0.356. The van der Waals surface area contributed by atoms with Crippen LogP contribution < -0.4 is 5.73 Å². The van der Waals surface area contributed by atoms with Gasteiger partial charge in [-0.25, -0.2) is 19.5 Å². The van der Waals surface area contributed by atoms with Crippen LogP contribution in [-0.4, -0.2) is 79.4 Å². The molecule has 2 aromatic heterocycles. The van der Waals surface area contributed by atoms with Gasteiger partial charge in [-0.05, 0) is 0 Å². The smallest absolute Gasteiger partial charge is 0.382 e. The van der Waals surface area contributed by atoms with Crippen molar-refractivity contribution < 1.29 is 47.1 Å². The van der Waals surface area contributed by atoms with Gasteiger partial charge in [0.1, 0.15) is 30.2 Å². The van der Waals surface area contributed by atoms with Gasteiger partial charge < -0.3 is 39.1 Å². The first-order valence-electron chi connectivity index (χ1n) is 8.50. The lowest BCUT2D eigenvalue weighted by atomic mass is 10.1. The molecule has 0 bridgehead atoms. The third kappa shape index (κ3) is 5.39. The molecule has 0 saturated carbocycles. The molecule has 5 atom stereocenters. The topological polar surface area (TPSA) is 211 Å². The maximum Gasteiger partial charge on any atom is 0.469 e. The Morgan fingerprint density at radius 3 is 2.73 bits per heavy atom. The normalized spacial score (nSPS) is 25.7. The lowest BCUT2D eigenvalue weighted by molar-refractivity contribution is -0.0773. The number of ether oxygens (including phenoxy) is 3. The Kier molecular flexibility index (Phi) is 7.52. The highest BCUT2D eigenvalue weighted by Crippen LogP contribution is 2.42. The van der Waals surface area contributed by atoms with Gasteiger partial charge in [0.05, 0.1) is 26.1 Å². The number of imidazole rings is 1. The summed E-state index contributed by atoms with van der Waals surface area (Å²) in [5, 5.41) is 0. The second-order valence-electron chi connectivity index (χ2n) is 6.11. The minimum absolute atomic E-state index is 0.0725. The van der Waals surface area contributed by atoms with E-state index in [-0.39, 0.29) is 19.0 Å². The van der Waals surface area contributed by atoms with Crippen molar-refractivity contribution in [2.45, 2.75) is 24.5 Å². The molecule has 15 nitrogen and oxygen atoms in total. The van der Waals surface area contributed by atoms with Gasteiger partial charge >= 0.3 is 16.1 Å². The number of rotatable bonds is 10. The SMILES string of the molecule is COCCO[C@H]1C(O[PH](=O)O)[C@@H](COP(=O)(O)O)O[C@@H]1n1cnc2c(N)ncnc21. The van der Waals surface area contributed by atoms with E-state index in [1.165, 1.54) is 24.3 Å². The molecule has 0 amide bonds. The number of aromatic nitrogens is 4. The first kappa shape index (κ1) is 23.2. The van der Waals surface area contributed by atoms with E-state index in [1.54, 1.807) is 0 Å². The van der Waals surface area contributed by atoms with Gasteiger partial charge in [-0.1, -0.05) is 0 Å². The highest BCUT2D eigenvalue weighted by molar-refractivity contribution is 7.46. The Bertz CT molecular complexity index is 938. The van der Waals surface area contributed by atoms with E-state index >= 15 is 0 Å². The fourth-order valence-electron chi connectivity index (χ4n) is 3.00. The lowest BCUT2D eigenvalue weighted by Crippen LogP contribution is -2.37. The number of phosphoric ester groups is 1. The molecule has 2 unspecified atom stereocenters. The number of hydrogen-bond acceptors (Lipinski definition) is 11. The molecule has 0 spiro atoms. The van der Waals surface area contributed by atoms with Gasteiger partial charge in [0.25, 0.3) is 0 Å². The van der Waals surface area contributed by atoms with Crippen LogP contribution in [0.15, 0.2) is 12.7 Å². The maximum atomic E-state index is 11.4. The zero-order valence-electron chi connectivity index (χ0n) is 15.6. The monoisotopic (exact) mass is 469 g/mol. The summed E-state index contributed by atoms with van der Waals surface area (Å²) in [6.07, 6.45) is -1.78. The molecule has 3 rings (SSSR count).